The molecule has 0 aromatic heterocycles. The molecule has 0 radical (unpaired) electrons. The molecule has 2 aromatic rings. The number of thioether (sulfide) groups is 1. The highest BCUT2D eigenvalue weighted by molar-refractivity contribution is 7.98. The van der Waals surface area contributed by atoms with Gasteiger partial charge in [0.2, 0.25) is 0 Å². The molecule has 0 aliphatic heterocycles. The van der Waals surface area contributed by atoms with Gasteiger partial charge in [-0.05, 0) is 48.2 Å². The molecule has 2 aromatic carbocycles. The van der Waals surface area contributed by atoms with Crippen LogP contribution in [0.3, 0.4) is 0 Å². The Morgan fingerprint density at radius 1 is 1.04 bits per heavy atom. The Morgan fingerprint density at radius 2 is 1.71 bits per heavy atom. The number of carbonyl (C=O) groups excluding carboxylic acids is 2. The maximum absolute atomic E-state index is 11.8. The van der Waals surface area contributed by atoms with Gasteiger partial charge in [-0.1, -0.05) is 12.1 Å². The molecule has 2 amide bonds. The predicted molar refractivity (Wildman–Crippen MR) is 95.6 cm³/mol. The van der Waals surface area contributed by atoms with E-state index in [2.05, 4.69) is 15.8 Å². The van der Waals surface area contributed by atoms with Gasteiger partial charge in [0, 0.05) is 10.6 Å². The van der Waals surface area contributed by atoms with Crippen molar-refractivity contribution in [2.75, 3.05) is 18.7 Å². The molecule has 0 aliphatic rings. The van der Waals surface area contributed by atoms with Crippen LogP contribution in [0.2, 0.25) is 0 Å². The van der Waals surface area contributed by atoms with E-state index in [0.29, 0.717) is 11.4 Å². The molecular formula is C17H17N3O3S. The zero-order valence-electron chi connectivity index (χ0n) is 13.3. The van der Waals surface area contributed by atoms with Crippen molar-refractivity contribution in [2.24, 2.45) is 5.10 Å². The third kappa shape index (κ3) is 5.13. The number of anilines is 1. The maximum atomic E-state index is 11.8. The third-order valence-electron chi connectivity index (χ3n) is 3.05. The lowest BCUT2D eigenvalue weighted by Gasteiger charge is -2.05. The van der Waals surface area contributed by atoms with Gasteiger partial charge in [-0.3, -0.25) is 9.59 Å². The number of benzene rings is 2. The van der Waals surface area contributed by atoms with Gasteiger partial charge in [0.05, 0.1) is 13.3 Å². The second-order valence-corrected chi connectivity index (χ2v) is 5.53. The Morgan fingerprint density at radius 3 is 2.29 bits per heavy atom. The van der Waals surface area contributed by atoms with E-state index in [1.165, 1.54) is 6.21 Å². The van der Waals surface area contributed by atoms with Crippen molar-refractivity contribution < 1.29 is 14.3 Å². The van der Waals surface area contributed by atoms with E-state index in [0.717, 1.165) is 10.5 Å². The molecule has 0 aliphatic carbocycles. The van der Waals surface area contributed by atoms with E-state index >= 15 is 0 Å². The summed E-state index contributed by atoms with van der Waals surface area (Å²) in [4.78, 5) is 24.6. The Bertz CT molecular complexity index is 728. The molecular weight excluding hydrogens is 326 g/mol. The Kier molecular flexibility index (Phi) is 6.39. The summed E-state index contributed by atoms with van der Waals surface area (Å²) in [7, 11) is 1.55. The number of rotatable bonds is 5. The van der Waals surface area contributed by atoms with Crippen LogP contribution in [0.25, 0.3) is 0 Å². The van der Waals surface area contributed by atoms with Crippen LogP contribution < -0.4 is 15.5 Å². The Hall–Kier alpha value is -2.80. The molecule has 0 heterocycles. The fraction of sp³-hybridized carbons (Fsp3) is 0.118. The first-order valence-electron chi connectivity index (χ1n) is 7.05. The van der Waals surface area contributed by atoms with Gasteiger partial charge in [0.1, 0.15) is 5.75 Å². The molecule has 2 rings (SSSR count). The van der Waals surface area contributed by atoms with Crippen molar-refractivity contribution in [1.29, 1.82) is 0 Å². The number of ether oxygens (including phenoxy) is 1. The Labute approximate surface area is 144 Å². The lowest BCUT2D eigenvalue weighted by Crippen LogP contribution is -2.32. The van der Waals surface area contributed by atoms with E-state index in [4.69, 9.17) is 4.74 Å². The van der Waals surface area contributed by atoms with Crippen LogP contribution in [-0.2, 0) is 9.59 Å². The van der Waals surface area contributed by atoms with Crippen LogP contribution in [0.5, 0.6) is 5.75 Å². The summed E-state index contributed by atoms with van der Waals surface area (Å²) in [5, 5.41) is 6.25. The molecule has 0 saturated heterocycles. The fourth-order valence-corrected chi connectivity index (χ4v) is 2.18. The van der Waals surface area contributed by atoms with Crippen molar-refractivity contribution in [3.63, 3.8) is 0 Å². The minimum absolute atomic E-state index is 0.493. The van der Waals surface area contributed by atoms with Crippen molar-refractivity contribution in [3.05, 3.63) is 54.1 Å². The second-order valence-electron chi connectivity index (χ2n) is 4.65. The van der Waals surface area contributed by atoms with E-state index in [-0.39, 0.29) is 0 Å². The number of amides is 2. The third-order valence-corrected chi connectivity index (χ3v) is 3.79. The summed E-state index contributed by atoms with van der Waals surface area (Å²) in [6, 6.07) is 14.3. The molecule has 0 unspecified atom stereocenters. The zero-order chi connectivity index (χ0) is 17.4. The average Bonchev–Trinajstić information content (AvgIpc) is 2.62. The summed E-state index contributed by atoms with van der Waals surface area (Å²) >= 11 is 1.64. The van der Waals surface area contributed by atoms with Crippen molar-refractivity contribution in [1.82, 2.24) is 5.43 Å². The number of carbonyl (C=O) groups is 2. The van der Waals surface area contributed by atoms with E-state index in [9.17, 15) is 9.59 Å². The molecule has 0 atom stereocenters. The lowest BCUT2D eigenvalue weighted by molar-refractivity contribution is -0.136. The number of hydrazone groups is 1. The summed E-state index contributed by atoms with van der Waals surface area (Å²) in [5.74, 6) is -0.979. The number of hydrogen-bond donors (Lipinski definition) is 2. The standard InChI is InChI=1S/C17H17N3O3S/c1-23-14-7-5-13(6-8-14)19-16(21)17(22)20-18-11-12-3-9-15(24-2)10-4-12/h3-11H,1-2H3,(H,19,21)(H,20,22)/b18-11-. The molecule has 6 nitrogen and oxygen atoms in total. The molecule has 7 heteroatoms. The molecule has 124 valence electrons. The minimum atomic E-state index is -0.845. The summed E-state index contributed by atoms with van der Waals surface area (Å²) in [6.45, 7) is 0. The highest BCUT2D eigenvalue weighted by Gasteiger charge is 2.12. The second kappa shape index (κ2) is 8.73. The van der Waals surface area contributed by atoms with Crippen molar-refractivity contribution in [2.45, 2.75) is 4.90 Å². The van der Waals surface area contributed by atoms with Gasteiger partial charge in [-0.2, -0.15) is 5.10 Å². The molecule has 0 spiro atoms. The Balaban J connectivity index is 1.86. The van der Waals surface area contributed by atoms with Crippen LogP contribution in [0.4, 0.5) is 5.69 Å². The topological polar surface area (TPSA) is 79.8 Å². The van der Waals surface area contributed by atoms with E-state index in [1.807, 2.05) is 30.5 Å². The molecule has 24 heavy (non-hydrogen) atoms. The summed E-state index contributed by atoms with van der Waals surface area (Å²) in [5.41, 5.74) is 3.51. The fourth-order valence-electron chi connectivity index (χ4n) is 1.77. The molecule has 0 fully saturated rings. The monoisotopic (exact) mass is 343 g/mol. The minimum Gasteiger partial charge on any atom is -0.497 e. The van der Waals surface area contributed by atoms with Crippen LogP contribution >= 0.6 is 11.8 Å². The average molecular weight is 343 g/mol. The van der Waals surface area contributed by atoms with Gasteiger partial charge >= 0.3 is 11.8 Å². The first kappa shape index (κ1) is 17.6. The van der Waals surface area contributed by atoms with Crippen molar-refractivity contribution in [3.8, 4) is 5.75 Å². The smallest absolute Gasteiger partial charge is 0.329 e. The zero-order valence-corrected chi connectivity index (χ0v) is 14.1. The first-order chi connectivity index (χ1) is 11.6. The van der Waals surface area contributed by atoms with Crippen LogP contribution in [-0.4, -0.2) is 31.4 Å². The molecule has 2 N–H and O–H groups in total. The lowest BCUT2D eigenvalue weighted by atomic mass is 10.2. The number of hydrogen-bond acceptors (Lipinski definition) is 5. The van der Waals surface area contributed by atoms with Crippen LogP contribution in [0, 0.1) is 0 Å². The van der Waals surface area contributed by atoms with Gasteiger partial charge in [0.15, 0.2) is 0 Å². The number of methoxy groups -OCH3 is 1. The maximum Gasteiger partial charge on any atom is 0.329 e. The number of nitrogens with zero attached hydrogens (tertiary/aromatic N) is 1. The highest BCUT2D eigenvalue weighted by Crippen LogP contribution is 2.15. The predicted octanol–water partition coefficient (Wildman–Crippen LogP) is 2.51. The summed E-state index contributed by atoms with van der Waals surface area (Å²) in [6.07, 6.45) is 3.47. The molecule has 0 saturated carbocycles. The number of nitrogens with one attached hydrogen (secondary N) is 2. The highest BCUT2D eigenvalue weighted by atomic mass is 32.2. The van der Waals surface area contributed by atoms with Crippen molar-refractivity contribution >= 4 is 35.5 Å². The largest absolute Gasteiger partial charge is 0.497 e. The van der Waals surface area contributed by atoms with Gasteiger partial charge in [-0.25, -0.2) is 5.43 Å². The van der Waals surface area contributed by atoms with Crippen LogP contribution in [0.15, 0.2) is 58.5 Å². The summed E-state index contributed by atoms with van der Waals surface area (Å²) < 4.78 is 5.02. The van der Waals surface area contributed by atoms with Gasteiger partial charge < -0.3 is 10.1 Å². The van der Waals surface area contributed by atoms with Gasteiger partial charge in [-0.15, -0.1) is 11.8 Å². The normalized spacial score (nSPS) is 10.4. The van der Waals surface area contributed by atoms with E-state index < -0.39 is 11.8 Å². The quantitative estimate of drug-likeness (QED) is 0.378. The van der Waals surface area contributed by atoms with Crippen LogP contribution in [0.1, 0.15) is 5.56 Å². The van der Waals surface area contributed by atoms with E-state index in [1.54, 1.807) is 43.1 Å². The SMILES string of the molecule is COc1ccc(NC(=O)C(=O)N/N=C\c2ccc(SC)cc2)cc1. The van der Waals surface area contributed by atoms with Gasteiger partial charge in [0.25, 0.3) is 0 Å². The molecule has 0 bridgehead atoms. The first-order valence-corrected chi connectivity index (χ1v) is 8.27.